The Morgan fingerprint density at radius 2 is 2.00 bits per heavy atom. The molecule has 1 aromatic carbocycles. The summed E-state index contributed by atoms with van der Waals surface area (Å²) in [5, 5.41) is 0.678. The van der Waals surface area contributed by atoms with E-state index in [0.29, 0.717) is 20.9 Å². The zero-order valence-corrected chi connectivity index (χ0v) is 17.2. The largest absolute Gasteiger partial charge is 0.279 e. The van der Waals surface area contributed by atoms with E-state index in [9.17, 15) is 4.79 Å². The number of halogens is 1. The fraction of sp³-hybridized carbons (Fsp3) is 0.150. The number of nitrogens with zero attached hydrogens (tertiary/aromatic N) is 3. The van der Waals surface area contributed by atoms with E-state index in [-0.39, 0.29) is 5.91 Å². The summed E-state index contributed by atoms with van der Waals surface area (Å²) in [4.78, 5) is 24.5. The van der Waals surface area contributed by atoms with Crippen molar-refractivity contribution in [2.75, 3.05) is 4.90 Å². The van der Waals surface area contributed by atoms with Gasteiger partial charge in [-0.25, -0.2) is 4.98 Å². The molecule has 4 nitrogen and oxygen atoms in total. The lowest BCUT2D eigenvalue weighted by atomic mass is 10.1. The monoisotopic (exact) mass is 413 g/mol. The molecule has 136 valence electrons. The van der Waals surface area contributed by atoms with Crippen LogP contribution < -0.4 is 4.90 Å². The van der Waals surface area contributed by atoms with Crippen LogP contribution in [0.1, 0.15) is 26.4 Å². The van der Waals surface area contributed by atoms with Gasteiger partial charge in [-0.15, -0.1) is 11.3 Å². The Morgan fingerprint density at radius 1 is 1.15 bits per heavy atom. The maximum Gasteiger partial charge on any atom is 0.270 e. The molecule has 0 saturated carbocycles. The van der Waals surface area contributed by atoms with Crippen molar-refractivity contribution in [1.82, 2.24) is 9.97 Å². The van der Waals surface area contributed by atoms with Crippen molar-refractivity contribution < 1.29 is 4.79 Å². The average molecular weight is 414 g/mol. The van der Waals surface area contributed by atoms with Gasteiger partial charge in [0.15, 0.2) is 5.13 Å². The molecule has 0 atom stereocenters. The minimum atomic E-state index is -0.107. The van der Waals surface area contributed by atoms with Gasteiger partial charge in [0.1, 0.15) is 0 Å². The first-order chi connectivity index (χ1) is 13.0. The van der Waals surface area contributed by atoms with E-state index < -0.39 is 0 Å². The second-order valence-electron chi connectivity index (χ2n) is 6.21. The van der Waals surface area contributed by atoms with Crippen LogP contribution >= 0.6 is 34.3 Å². The Bertz CT molecular complexity index is 1120. The molecule has 0 N–H and O–H groups in total. The molecule has 4 aromatic rings. The highest BCUT2D eigenvalue weighted by molar-refractivity contribution is 7.22. The molecule has 3 heterocycles. The Labute approximate surface area is 170 Å². The topological polar surface area (TPSA) is 46.1 Å². The van der Waals surface area contributed by atoms with Gasteiger partial charge in [0, 0.05) is 12.4 Å². The zero-order valence-electron chi connectivity index (χ0n) is 14.8. The lowest BCUT2D eigenvalue weighted by Gasteiger charge is -2.19. The van der Waals surface area contributed by atoms with Crippen molar-refractivity contribution in [3.05, 3.63) is 74.7 Å². The van der Waals surface area contributed by atoms with Gasteiger partial charge in [0.05, 0.1) is 26.0 Å². The molecule has 0 aliphatic rings. The van der Waals surface area contributed by atoms with Crippen LogP contribution in [0.3, 0.4) is 0 Å². The number of hydrogen-bond acceptors (Lipinski definition) is 5. The smallest absolute Gasteiger partial charge is 0.270 e. The molecule has 1 amide bonds. The third kappa shape index (κ3) is 3.60. The molecule has 4 rings (SSSR count). The van der Waals surface area contributed by atoms with Crippen LogP contribution in [-0.4, -0.2) is 15.9 Å². The number of benzene rings is 1. The van der Waals surface area contributed by atoms with Gasteiger partial charge in [-0.1, -0.05) is 35.1 Å². The number of thiazole rings is 1. The van der Waals surface area contributed by atoms with Gasteiger partial charge < -0.3 is 0 Å². The maximum absolute atomic E-state index is 13.2. The predicted molar refractivity (Wildman–Crippen MR) is 113 cm³/mol. The molecule has 3 aromatic heterocycles. The summed E-state index contributed by atoms with van der Waals surface area (Å²) in [6, 6.07) is 11.5. The fourth-order valence-electron chi connectivity index (χ4n) is 2.79. The number of hydrogen-bond donors (Lipinski definition) is 0. The summed E-state index contributed by atoms with van der Waals surface area (Å²) < 4.78 is 1.66. The molecule has 0 unspecified atom stereocenters. The van der Waals surface area contributed by atoms with Gasteiger partial charge in [-0.2, -0.15) is 0 Å². The van der Waals surface area contributed by atoms with Gasteiger partial charge in [-0.3, -0.25) is 14.7 Å². The standard InChI is InChI=1S/C20H16ClN3OS2/c1-12-5-6-15-18(13(12)2)23-20(27-15)24(11-14-4-3-9-22-10-14)19(25)16-7-8-17(21)26-16/h3-10H,11H2,1-2H3. The lowest BCUT2D eigenvalue weighted by molar-refractivity contribution is 0.0989. The van der Waals surface area contributed by atoms with Gasteiger partial charge in [-0.05, 0) is 54.8 Å². The molecule has 0 spiro atoms. The van der Waals surface area contributed by atoms with Crippen LogP contribution in [-0.2, 0) is 6.54 Å². The van der Waals surface area contributed by atoms with E-state index in [4.69, 9.17) is 16.6 Å². The van der Waals surface area contributed by atoms with E-state index in [1.807, 2.05) is 12.1 Å². The second-order valence-corrected chi connectivity index (χ2v) is 8.93. The Hall–Kier alpha value is -2.28. The van der Waals surface area contributed by atoms with E-state index in [0.717, 1.165) is 21.3 Å². The van der Waals surface area contributed by atoms with Crippen LogP contribution in [0.2, 0.25) is 4.34 Å². The zero-order chi connectivity index (χ0) is 19.0. The molecule has 27 heavy (non-hydrogen) atoms. The van der Waals surface area contributed by atoms with Crippen molar-refractivity contribution in [2.24, 2.45) is 0 Å². The predicted octanol–water partition coefficient (Wildman–Crippen LogP) is 5.87. The van der Waals surface area contributed by atoms with E-state index in [1.165, 1.54) is 28.2 Å². The lowest BCUT2D eigenvalue weighted by Crippen LogP contribution is -2.29. The van der Waals surface area contributed by atoms with Crippen LogP contribution in [0.5, 0.6) is 0 Å². The third-order valence-corrected chi connectivity index (χ3v) is 6.66. The first kappa shape index (κ1) is 18.1. The van der Waals surface area contributed by atoms with Gasteiger partial charge >= 0.3 is 0 Å². The Morgan fingerprint density at radius 3 is 2.70 bits per heavy atom. The number of fused-ring (bicyclic) bond motifs is 1. The second kappa shape index (κ2) is 7.38. The van der Waals surface area contributed by atoms with Crippen molar-refractivity contribution in [1.29, 1.82) is 0 Å². The first-order valence-electron chi connectivity index (χ1n) is 8.36. The number of aryl methyl sites for hydroxylation is 2. The molecule has 0 fully saturated rings. The number of pyridine rings is 1. The van der Waals surface area contributed by atoms with Crippen molar-refractivity contribution in [3.8, 4) is 0 Å². The first-order valence-corrected chi connectivity index (χ1v) is 10.4. The fourth-order valence-corrected chi connectivity index (χ4v) is 4.81. The van der Waals surface area contributed by atoms with E-state index in [2.05, 4.69) is 31.0 Å². The van der Waals surface area contributed by atoms with Gasteiger partial charge in [0.2, 0.25) is 0 Å². The molecule has 7 heteroatoms. The summed E-state index contributed by atoms with van der Waals surface area (Å²) in [5.41, 5.74) is 4.22. The number of carbonyl (C=O) groups is 1. The molecular formula is C20H16ClN3OS2. The summed E-state index contributed by atoms with van der Waals surface area (Å²) in [6.07, 6.45) is 3.49. The quantitative estimate of drug-likeness (QED) is 0.420. The molecule has 0 radical (unpaired) electrons. The summed E-state index contributed by atoms with van der Waals surface area (Å²) >= 11 is 8.84. The SMILES string of the molecule is Cc1ccc2sc(N(Cc3cccnc3)C(=O)c3ccc(Cl)s3)nc2c1C. The number of anilines is 1. The van der Waals surface area contributed by atoms with Crippen molar-refractivity contribution in [2.45, 2.75) is 20.4 Å². The highest BCUT2D eigenvalue weighted by Gasteiger charge is 2.23. The molecule has 0 aliphatic heterocycles. The number of amides is 1. The minimum absolute atomic E-state index is 0.107. The highest BCUT2D eigenvalue weighted by Crippen LogP contribution is 2.34. The van der Waals surface area contributed by atoms with Crippen LogP contribution in [0.4, 0.5) is 5.13 Å². The maximum atomic E-state index is 13.2. The van der Waals surface area contributed by atoms with Crippen molar-refractivity contribution in [3.63, 3.8) is 0 Å². The summed E-state index contributed by atoms with van der Waals surface area (Å²) in [7, 11) is 0. The minimum Gasteiger partial charge on any atom is -0.279 e. The van der Waals surface area contributed by atoms with E-state index in [1.54, 1.807) is 29.4 Å². The molecular weight excluding hydrogens is 398 g/mol. The number of thiophene rings is 1. The molecule has 0 saturated heterocycles. The molecule has 0 aliphatic carbocycles. The number of rotatable bonds is 4. The van der Waals surface area contributed by atoms with Crippen LogP contribution in [0.15, 0.2) is 48.8 Å². The van der Waals surface area contributed by atoms with Crippen LogP contribution in [0, 0.1) is 13.8 Å². The number of carbonyl (C=O) groups excluding carboxylic acids is 1. The Balaban J connectivity index is 1.79. The van der Waals surface area contributed by atoms with Crippen LogP contribution in [0.25, 0.3) is 10.2 Å². The van der Waals surface area contributed by atoms with Gasteiger partial charge in [0.25, 0.3) is 5.91 Å². The normalized spacial score (nSPS) is 11.1. The molecule has 0 bridgehead atoms. The average Bonchev–Trinajstić information content (AvgIpc) is 3.30. The van der Waals surface area contributed by atoms with Crippen molar-refractivity contribution >= 4 is 55.5 Å². The summed E-state index contributed by atoms with van der Waals surface area (Å²) in [5.74, 6) is -0.107. The summed E-state index contributed by atoms with van der Waals surface area (Å²) in [6.45, 7) is 4.54. The Kier molecular flexibility index (Phi) is 4.95. The third-order valence-electron chi connectivity index (χ3n) is 4.40. The van der Waals surface area contributed by atoms with E-state index >= 15 is 0 Å². The highest BCUT2D eigenvalue weighted by atomic mass is 35.5. The number of aromatic nitrogens is 2.